The summed E-state index contributed by atoms with van der Waals surface area (Å²) in [5, 5.41) is 9.17. The molecule has 4 heteroatoms. The molecule has 0 aliphatic heterocycles. The minimum atomic E-state index is -0.838. The van der Waals surface area contributed by atoms with Crippen molar-refractivity contribution in [1.29, 1.82) is 0 Å². The lowest BCUT2D eigenvalue weighted by molar-refractivity contribution is -0.140. The van der Waals surface area contributed by atoms with E-state index in [1.54, 1.807) is 6.92 Å². The van der Waals surface area contributed by atoms with E-state index in [0.717, 1.165) is 16.9 Å². The monoisotopic (exact) mass is 232 g/mol. The van der Waals surface area contributed by atoms with Crippen molar-refractivity contribution in [2.24, 2.45) is 0 Å². The molecule has 0 saturated heterocycles. The number of fused-ring (bicyclic) bond motifs is 1. The van der Waals surface area contributed by atoms with Crippen LogP contribution < -0.4 is 0 Å². The van der Waals surface area contributed by atoms with E-state index in [1.807, 2.05) is 42.7 Å². The van der Waals surface area contributed by atoms with Crippen molar-refractivity contribution < 1.29 is 9.90 Å². The van der Waals surface area contributed by atoms with Gasteiger partial charge in [-0.2, -0.15) is 0 Å². The second kappa shape index (κ2) is 4.20. The quantitative estimate of drug-likeness (QED) is 0.885. The normalized spacial score (nSPS) is 13.2. The maximum absolute atomic E-state index is 11.2. The first-order valence-corrected chi connectivity index (χ1v) is 5.72. The van der Waals surface area contributed by atoms with Crippen LogP contribution in [0.3, 0.4) is 0 Å². The maximum Gasteiger partial charge on any atom is 0.326 e. The lowest BCUT2D eigenvalue weighted by atomic mass is 10.2. The third kappa shape index (κ3) is 1.90. The number of hydrogen-bond donors (Lipinski definition) is 1. The molecule has 1 aromatic heterocycles. The van der Waals surface area contributed by atoms with Crippen molar-refractivity contribution in [3.8, 4) is 0 Å². The van der Waals surface area contributed by atoms with Gasteiger partial charge in [0.1, 0.15) is 11.9 Å². The minimum Gasteiger partial charge on any atom is -0.480 e. The molecule has 1 N–H and O–H groups in total. The fourth-order valence-electron chi connectivity index (χ4n) is 1.99. The summed E-state index contributed by atoms with van der Waals surface area (Å²) >= 11 is 0. The highest BCUT2D eigenvalue weighted by Gasteiger charge is 2.21. The zero-order valence-electron chi connectivity index (χ0n) is 10.2. The van der Waals surface area contributed by atoms with Gasteiger partial charge in [-0.25, -0.2) is 9.78 Å². The SMILES string of the molecule is CC(C)c1nc2ccccc2n1C(C)C(=O)O. The van der Waals surface area contributed by atoms with Gasteiger partial charge < -0.3 is 9.67 Å². The number of carboxylic acid groups (broad SMARTS) is 1. The molecule has 1 atom stereocenters. The van der Waals surface area contributed by atoms with Gasteiger partial charge in [0.25, 0.3) is 0 Å². The number of para-hydroxylation sites is 2. The highest BCUT2D eigenvalue weighted by Crippen LogP contribution is 2.25. The molecule has 0 aliphatic rings. The number of carbonyl (C=O) groups is 1. The first-order valence-electron chi connectivity index (χ1n) is 5.72. The molecule has 0 saturated carbocycles. The van der Waals surface area contributed by atoms with E-state index in [9.17, 15) is 9.90 Å². The zero-order chi connectivity index (χ0) is 12.6. The van der Waals surface area contributed by atoms with Crippen molar-refractivity contribution in [1.82, 2.24) is 9.55 Å². The molecular weight excluding hydrogens is 216 g/mol. The Morgan fingerprint density at radius 3 is 2.53 bits per heavy atom. The molecule has 2 aromatic rings. The summed E-state index contributed by atoms with van der Waals surface area (Å²) in [5.74, 6) is 0.181. The minimum absolute atomic E-state index is 0.198. The molecule has 0 fully saturated rings. The number of aliphatic carboxylic acids is 1. The van der Waals surface area contributed by atoms with E-state index >= 15 is 0 Å². The smallest absolute Gasteiger partial charge is 0.326 e. The van der Waals surface area contributed by atoms with Gasteiger partial charge in [-0.3, -0.25) is 0 Å². The van der Waals surface area contributed by atoms with Crippen LogP contribution in [0.2, 0.25) is 0 Å². The summed E-state index contributed by atoms with van der Waals surface area (Å²) in [7, 11) is 0. The van der Waals surface area contributed by atoms with Gasteiger partial charge in [0.05, 0.1) is 11.0 Å². The first kappa shape index (κ1) is 11.6. The second-order valence-electron chi connectivity index (χ2n) is 4.50. The number of nitrogens with zero attached hydrogens (tertiary/aromatic N) is 2. The topological polar surface area (TPSA) is 55.1 Å². The molecule has 1 aromatic carbocycles. The van der Waals surface area contributed by atoms with Gasteiger partial charge in [-0.05, 0) is 19.1 Å². The van der Waals surface area contributed by atoms with Crippen LogP contribution >= 0.6 is 0 Å². The predicted molar refractivity (Wildman–Crippen MR) is 66.2 cm³/mol. The van der Waals surface area contributed by atoms with Crippen molar-refractivity contribution in [3.63, 3.8) is 0 Å². The Bertz CT molecular complexity index is 558. The Kier molecular flexibility index (Phi) is 2.88. The molecular formula is C13H16N2O2. The molecule has 0 aliphatic carbocycles. The van der Waals surface area contributed by atoms with Gasteiger partial charge in [-0.1, -0.05) is 26.0 Å². The van der Waals surface area contributed by atoms with Crippen molar-refractivity contribution in [2.75, 3.05) is 0 Å². The van der Waals surface area contributed by atoms with E-state index < -0.39 is 12.0 Å². The molecule has 0 radical (unpaired) electrons. The molecule has 0 amide bonds. The van der Waals surface area contributed by atoms with E-state index in [-0.39, 0.29) is 5.92 Å². The molecule has 1 unspecified atom stereocenters. The standard InChI is InChI=1S/C13H16N2O2/c1-8(2)12-14-10-6-4-5-7-11(10)15(12)9(3)13(16)17/h4-9H,1-3H3,(H,16,17). The van der Waals surface area contributed by atoms with E-state index in [1.165, 1.54) is 0 Å². The second-order valence-corrected chi connectivity index (χ2v) is 4.50. The van der Waals surface area contributed by atoms with E-state index in [2.05, 4.69) is 4.98 Å². The highest BCUT2D eigenvalue weighted by molar-refractivity contribution is 5.80. The Hall–Kier alpha value is -1.84. The summed E-state index contributed by atoms with van der Waals surface area (Å²) in [6.45, 7) is 5.72. The van der Waals surface area contributed by atoms with Crippen molar-refractivity contribution in [2.45, 2.75) is 32.7 Å². The van der Waals surface area contributed by atoms with Crippen LogP contribution in [0.15, 0.2) is 24.3 Å². The van der Waals surface area contributed by atoms with Crippen LogP contribution in [0.1, 0.15) is 38.6 Å². The van der Waals surface area contributed by atoms with Gasteiger partial charge >= 0.3 is 5.97 Å². The summed E-state index contributed by atoms with van der Waals surface area (Å²) in [6.07, 6.45) is 0. The summed E-state index contributed by atoms with van der Waals surface area (Å²) in [5.41, 5.74) is 1.73. The number of rotatable bonds is 3. The molecule has 90 valence electrons. The Morgan fingerprint density at radius 1 is 1.29 bits per heavy atom. The highest BCUT2D eigenvalue weighted by atomic mass is 16.4. The Morgan fingerprint density at radius 2 is 1.94 bits per heavy atom. The summed E-state index contributed by atoms with van der Waals surface area (Å²) in [4.78, 5) is 15.7. The number of benzene rings is 1. The third-order valence-corrected chi connectivity index (χ3v) is 2.88. The fraction of sp³-hybridized carbons (Fsp3) is 0.385. The third-order valence-electron chi connectivity index (χ3n) is 2.88. The van der Waals surface area contributed by atoms with Crippen LogP contribution in [0.5, 0.6) is 0 Å². The van der Waals surface area contributed by atoms with Crippen LogP contribution in [0.4, 0.5) is 0 Å². The zero-order valence-corrected chi connectivity index (χ0v) is 10.2. The average Bonchev–Trinajstić information content (AvgIpc) is 2.67. The Labute approximate surface area is 99.9 Å². The number of hydrogen-bond acceptors (Lipinski definition) is 2. The van der Waals surface area contributed by atoms with Crippen molar-refractivity contribution in [3.05, 3.63) is 30.1 Å². The van der Waals surface area contributed by atoms with Crippen LogP contribution in [0.25, 0.3) is 11.0 Å². The fourth-order valence-corrected chi connectivity index (χ4v) is 1.99. The van der Waals surface area contributed by atoms with Gasteiger partial charge in [-0.15, -0.1) is 0 Å². The van der Waals surface area contributed by atoms with Crippen LogP contribution in [-0.4, -0.2) is 20.6 Å². The molecule has 0 spiro atoms. The molecule has 1 heterocycles. The summed E-state index contributed by atoms with van der Waals surface area (Å²) in [6, 6.07) is 7.04. The van der Waals surface area contributed by atoms with E-state index in [0.29, 0.717) is 0 Å². The van der Waals surface area contributed by atoms with E-state index in [4.69, 9.17) is 0 Å². The van der Waals surface area contributed by atoms with Gasteiger partial charge in [0, 0.05) is 5.92 Å². The number of aromatic nitrogens is 2. The van der Waals surface area contributed by atoms with Gasteiger partial charge in [0.15, 0.2) is 0 Å². The Balaban J connectivity index is 2.72. The lowest BCUT2D eigenvalue weighted by Gasteiger charge is -2.15. The predicted octanol–water partition coefficient (Wildman–Crippen LogP) is 2.81. The lowest BCUT2D eigenvalue weighted by Crippen LogP contribution is -2.18. The molecule has 4 nitrogen and oxygen atoms in total. The molecule has 17 heavy (non-hydrogen) atoms. The average molecular weight is 232 g/mol. The van der Waals surface area contributed by atoms with Crippen LogP contribution in [0, 0.1) is 0 Å². The number of carboxylic acids is 1. The number of imidazole rings is 1. The first-order chi connectivity index (χ1) is 8.02. The maximum atomic E-state index is 11.2. The van der Waals surface area contributed by atoms with Gasteiger partial charge in [0.2, 0.25) is 0 Å². The molecule has 0 bridgehead atoms. The van der Waals surface area contributed by atoms with Crippen LogP contribution in [-0.2, 0) is 4.79 Å². The largest absolute Gasteiger partial charge is 0.480 e. The molecule has 2 rings (SSSR count). The summed E-state index contributed by atoms with van der Waals surface area (Å²) < 4.78 is 1.81. The van der Waals surface area contributed by atoms with Crippen molar-refractivity contribution >= 4 is 17.0 Å².